The van der Waals surface area contributed by atoms with Gasteiger partial charge in [0.2, 0.25) is 0 Å². The lowest BCUT2D eigenvalue weighted by molar-refractivity contribution is -0.143. The molecule has 0 aliphatic carbocycles. The van der Waals surface area contributed by atoms with Crippen molar-refractivity contribution in [2.75, 3.05) is 5.32 Å². The number of carbonyl (C=O) groups excluding carboxylic acids is 1. The summed E-state index contributed by atoms with van der Waals surface area (Å²) in [4.78, 5) is 12.6. The van der Waals surface area contributed by atoms with Crippen LogP contribution in [0, 0.1) is 12.7 Å². The Labute approximate surface area is 172 Å². The molecule has 4 rings (SSSR count). The number of amides is 1. The van der Waals surface area contributed by atoms with Crippen molar-refractivity contribution < 1.29 is 22.4 Å². The maximum Gasteiger partial charge on any atom is 0.435 e. The van der Waals surface area contributed by atoms with E-state index < -0.39 is 29.3 Å². The van der Waals surface area contributed by atoms with Gasteiger partial charge in [-0.25, -0.2) is 13.8 Å². The number of aryl methyl sites for hydroxylation is 1. The number of nitrogens with zero attached hydrogens (tertiary/aromatic N) is 5. The standard InChI is InChI=1S/C20H14F4N6O/c1-12-8-9-25-29(12)16-7-3-5-14(11-16)26-19(31)17-18(20(22,23)24)30(28-27-17)15-6-2-4-13(21)10-15/h2-11H,1H3,(H,26,31). The summed E-state index contributed by atoms with van der Waals surface area (Å²) < 4.78 is 56.7. The molecule has 0 saturated carbocycles. The van der Waals surface area contributed by atoms with Crippen molar-refractivity contribution in [1.82, 2.24) is 24.8 Å². The molecule has 0 saturated heterocycles. The highest BCUT2D eigenvalue weighted by molar-refractivity contribution is 6.03. The van der Waals surface area contributed by atoms with E-state index in [4.69, 9.17) is 0 Å². The molecule has 0 spiro atoms. The summed E-state index contributed by atoms with van der Waals surface area (Å²) in [5.74, 6) is -1.86. The maximum atomic E-state index is 13.7. The molecule has 0 aliphatic heterocycles. The number of benzene rings is 2. The molecule has 0 unspecified atom stereocenters. The van der Waals surface area contributed by atoms with Crippen molar-refractivity contribution in [3.8, 4) is 11.4 Å². The molecule has 0 radical (unpaired) electrons. The van der Waals surface area contributed by atoms with Crippen molar-refractivity contribution in [3.63, 3.8) is 0 Å². The van der Waals surface area contributed by atoms with Gasteiger partial charge in [0.1, 0.15) is 5.82 Å². The first-order valence-corrected chi connectivity index (χ1v) is 8.95. The normalized spacial score (nSPS) is 11.5. The van der Waals surface area contributed by atoms with Crippen LogP contribution in [0.25, 0.3) is 11.4 Å². The van der Waals surface area contributed by atoms with Crippen molar-refractivity contribution >= 4 is 11.6 Å². The van der Waals surface area contributed by atoms with Crippen LogP contribution in [-0.2, 0) is 6.18 Å². The van der Waals surface area contributed by atoms with Crippen molar-refractivity contribution in [1.29, 1.82) is 0 Å². The zero-order valence-corrected chi connectivity index (χ0v) is 15.9. The molecule has 4 aromatic rings. The SMILES string of the molecule is Cc1ccnn1-c1cccc(NC(=O)c2nnn(-c3cccc(F)c3)c2C(F)(F)F)c1. The monoisotopic (exact) mass is 430 g/mol. The summed E-state index contributed by atoms with van der Waals surface area (Å²) in [6.07, 6.45) is -3.36. The van der Waals surface area contributed by atoms with Crippen LogP contribution in [0.5, 0.6) is 0 Å². The molecule has 2 heterocycles. The van der Waals surface area contributed by atoms with Crippen LogP contribution >= 0.6 is 0 Å². The first kappa shape index (κ1) is 20.3. The summed E-state index contributed by atoms with van der Waals surface area (Å²) in [5.41, 5.74) is -0.867. The van der Waals surface area contributed by atoms with Gasteiger partial charge >= 0.3 is 6.18 Å². The van der Waals surface area contributed by atoms with Crippen LogP contribution in [0.1, 0.15) is 21.9 Å². The van der Waals surface area contributed by atoms with E-state index in [0.29, 0.717) is 10.4 Å². The van der Waals surface area contributed by atoms with Crippen molar-refractivity contribution in [3.05, 3.63) is 83.7 Å². The highest BCUT2D eigenvalue weighted by atomic mass is 19.4. The van der Waals surface area contributed by atoms with Gasteiger partial charge in [0, 0.05) is 17.6 Å². The molecule has 1 N–H and O–H groups in total. The van der Waals surface area contributed by atoms with E-state index in [2.05, 4.69) is 20.7 Å². The molecule has 0 bridgehead atoms. The van der Waals surface area contributed by atoms with Crippen LogP contribution in [0.15, 0.2) is 60.8 Å². The molecule has 11 heteroatoms. The predicted octanol–water partition coefficient (Wildman–Crippen LogP) is 4.17. The third-order valence-corrected chi connectivity index (χ3v) is 4.39. The topological polar surface area (TPSA) is 77.6 Å². The molecule has 1 amide bonds. The van der Waals surface area contributed by atoms with Crippen LogP contribution < -0.4 is 5.32 Å². The molecule has 158 valence electrons. The van der Waals surface area contributed by atoms with Gasteiger partial charge in [0.15, 0.2) is 11.4 Å². The quantitative estimate of drug-likeness (QED) is 0.493. The number of hydrogen-bond donors (Lipinski definition) is 1. The van der Waals surface area contributed by atoms with Gasteiger partial charge in [-0.05, 0) is 49.4 Å². The van der Waals surface area contributed by atoms with E-state index >= 15 is 0 Å². The molecule has 31 heavy (non-hydrogen) atoms. The fourth-order valence-corrected chi connectivity index (χ4v) is 3.02. The van der Waals surface area contributed by atoms with Crippen LogP contribution in [-0.4, -0.2) is 30.7 Å². The van der Waals surface area contributed by atoms with E-state index in [1.54, 1.807) is 35.1 Å². The Balaban J connectivity index is 1.69. The summed E-state index contributed by atoms with van der Waals surface area (Å²) in [6, 6.07) is 12.6. The first-order valence-electron chi connectivity index (χ1n) is 8.95. The minimum Gasteiger partial charge on any atom is -0.320 e. The van der Waals surface area contributed by atoms with E-state index in [9.17, 15) is 22.4 Å². The fraction of sp³-hybridized carbons (Fsp3) is 0.100. The molecule has 2 aromatic heterocycles. The van der Waals surface area contributed by atoms with E-state index in [1.807, 2.05) is 6.92 Å². The third-order valence-electron chi connectivity index (χ3n) is 4.39. The van der Waals surface area contributed by atoms with Gasteiger partial charge in [0.05, 0.1) is 11.4 Å². The second kappa shape index (κ2) is 7.67. The van der Waals surface area contributed by atoms with Crippen LogP contribution in [0.3, 0.4) is 0 Å². The van der Waals surface area contributed by atoms with Gasteiger partial charge in [-0.15, -0.1) is 5.10 Å². The van der Waals surface area contributed by atoms with E-state index in [-0.39, 0.29) is 11.4 Å². The number of halogens is 4. The Hall–Kier alpha value is -4.02. The minimum absolute atomic E-state index is 0.213. The molecule has 7 nitrogen and oxygen atoms in total. The van der Waals surface area contributed by atoms with Crippen molar-refractivity contribution in [2.24, 2.45) is 0 Å². The van der Waals surface area contributed by atoms with Gasteiger partial charge in [-0.1, -0.05) is 17.3 Å². The Bertz CT molecular complexity index is 1260. The minimum atomic E-state index is -4.96. The number of anilines is 1. The van der Waals surface area contributed by atoms with Gasteiger partial charge in [0.25, 0.3) is 5.91 Å². The predicted molar refractivity (Wildman–Crippen MR) is 103 cm³/mol. The summed E-state index contributed by atoms with van der Waals surface area (Å²) >= 11 is 0. The molecule has 0 atom stereocenters. The zero-order chi connectivity index (χ0) is 22.2. The number of rotatable bonds is 4. The number of aromatic nitrogens is 5. The summed E-state index contributed by atoms with van der Waals surface area (Å²) in [7, 11) is 0. The second-order valence-electron chi connectivity index (χ2n) is 6.56. The number of nitrogens with one attached hydrogen (secondary N) is 1. The summed E-state index contributed by atoms with van der Waals surface area (Å²) in [6.45, 7) is 1.83. The second-order valence-corrected chi connectivity index (χ2v) is 6.56. The summed E-state index contributed by atoms with van der Waals surface area (Å²) in [5, 5.41) is 13.4. The molecular weight excluding hydrogens is 416 g/mol. The molecule has 0 aliphatic rings. The largest absolute Gasteiger partial charge is 0.435 e. The van der Waals surface area contributed by atoms with E-state index in [0.717, 1.165) is 17.8 Å². The van der Waals surface area contributed by atoms with Gasteiger partial charge in [-0.2, -0.15) is 18.3 Å². The Morgan fingerprint density at radius 2 is 1.71 bits per heavy atom. The molecule has 2 aromatic carbocycles. The van der Waals surface area contributed by atoms with Crippen LogP contribution in [0.4, 0.5) is 23.2 Å². The first-order chi connectivity index (χ1) is 14.7. The average molecular weight is 430 g/mol. The number of hydrogen-bond acceptors (Lipinski definition) is 4. The third kappa shape index (κ3) is 4.02. The van der Waals surface area contributed by atoms with Crippen LogP contribution in [0.2, 0.25) is 0 Å². The lowest BCUT2D eigenvalue weighted by Crippen LogP contribution is -2.21. The molecule has 0 fully saturated rings. The lowest BCUT2D eigenvalue weighted by atomic mass is 10.2. The highest BCUT2D eigenvalue weighted by Crippen LogP contribution is 2.33. The Kier molecular flexibility index (Phi) is 5.01. The average Bonchev–Trinajstić information content (AvgIpc) is 3.34. The van der Waals surface area contributed by atoms with Gasteiger partial charge in [-0.3, -0.25) is 4.79 Å². The van der Waals surface area contributed by atoms with E-state index in [1.165, 1.54) is 18.2 Å². The fourth-order valence-electron chi connectivity index (χ4n) is 3.02. The van der Waals surface area contributed by atoms with Crippen molar-refractivity contribution in [2.45, 2.75) is 13.1 Å². The molecular formula is C20H14F4N6O. The number of alkyl halides is 3. The Morgan fingerprint density at radius 3 is 2.35 bits per heavy atom. The highest BCUT2D eigenvalue weighted by Gasteiger charge is 2.42. The van der Waals surface area contributed by atoms with Gasteiger partial charge < -0.3 is 5.32 Å². The lowest BCUT2D eigenvalue weighted by Gasteiger charge is -2.12. The smallest absolute Gasteiger partial charge is 0.320 e. The maximum absolute atomic E-state index is 13.7. The Morgan fingerprint density at radius 1 is 1.00 bits per heavy atom. The zero-order valence-electron chi connectivity index (χ0n) is 15.9. The number of carbonyl (C=O) groups is 1.